The van der Waals surface area contributed by atoms with Crippen molar-refractivity contribution in [2.45, 2.75) is 78.5 Å². The first-order chi connectivity index (χ1) is 13.9. The van der Waals surface area contributed by atoms with Crippen LogP contribution in [0.4, 0.5) is 0 Å². The molecule has 1 atom stereocenters. The first kappa shape index (κ1) is 23.2. The second-order valence-electron chi connectivity index (χ2n) is 8.33. The Bertz CT molecular complexity index is 731. The van der Waals surface area contributed by atoms with E-state index >= 15 is 0 Å². The standard InChI is InChI=1S/C26H37NO2/c1-6-11-26(28)29-19-22-12-10-15-24(18-22)25(23-13-8-7-9-14-23)16-17-27(20(2)3)21(4)5/h7-10,12-15,18,20-21,25H,6,11,16-17,19H2,1-5H3. The van der Waals surface area contributed by atoms with Gasteiger partial charge in [-0.2, -0.15) is 0 Å². The summed E-state index contributed by atoms with van der Waals surface area (Å²) in [7, 11) is 0. The minimum atomic E-state index is -0.123. The van der Waals surface area contributed by atoms with Gasteiger partial charge in [-0.1, -0.05) is 61.5 Å². The molecule has 29 heavy (non-hydrogen) atoms. The molecule has 2 rings (SSSR count). The predicted octanol–water partition coefficient (Wildman–Crippen LogP) is 6.17. The maximum atomic E-state index is 11.7. The summed E-state index contributed by atoms with van der Waals surface area (Å²) >= 11 is 0. The number of ether oxygens (including phenoxy) is 1. The highest BCUT2D eigenvalue weighted by Gasteiger charge is 2.19. The number of carbonyl (C=O) groups is 1. The van der Waals surface area contributed by atoms with Crippen molar-refractivity contribution in [2.24, 2.45) is 0 Å². The normalized spacial score (nSPS) is 12.6. The van der Waals surface area contributed by atoms with Crippen molar-refractivity contribution >= 4 is 5.97 Å². The van der Waals surface area contributed by atoms with E-state index in [1.54, 1.807) is 0 Å². The highest BCUT2D eigenvalue weighted by atomic mass is 16.5. The molecule has 3 nitrogen and oxygen atoms in total. The topological polar surface area (TPSA) is 29.5 Å². The molecule has 3 heteroatoms. The lowest BCUT2D eigenvalue weighted by atomic mass is 9.87. The average Bonchev–Trinajstić information content (AvgIpc) is 2.70. The highest BCUT2D eigenvalue weighted by Crippen LogP contribution is 2.29. The molecule has 0 saturated carbocycles. The summed E-state index contributed by atoms with van der Waals surface area (Å²) in [6, 6.07) is 20.3. The Balaban J connectivity index is 2.20. The monoisotopic (exact) mass is 395 g/mol. The zero-order chi connectivity index (χ0) is 21.2. The molecule has 0 heterocycles. The Morgan fingerprint density at radius 1 is 0.931 bits per heavy atom. The number of hydrogen-bond donors (Lipinski definition) is 0. The lowest BCUT2D eigenvalue weighted by Crippen LogP contribution is -2.38. The van der Waals surface area contributed by atoms with E-state index in [1.165, 1.54) is 11.1 Å². The molecule has 0 bridgehead atoms. The van der Waals surface area contributed by atoms with Crippen LogP contribution in [0.15, 0.2) is 54.6 Å². The smallest absolute Gasteiger partial charge is 0.306 e. The van der Waals surface area contributed by atoms with Gasteiger partial charge in [-0.05, 0) is 63.8 Å². The molecule has 0 aromatic heterocycles. The fourth-order valence-corrected chi connectivity index (χ4v) is 3.94. The lowest BCUT2D eigenvalue weighted by Gasteiger charge is -2.32. The fourth-order valence-electron chi connectivity index (χ4n) is 3.94. The van der Waals surface area contributed by atoms with Crippen LogP contribution >= 0.6 is 0 Å². The SMILES string of the molecule is CCCC(=O)OCc1cccc(C(CCN(C(C)C)C(C)C)c2ccccc2)c1. The van der Waals surface area contributed by atoms with Gasteiger partial charge >= 0.3 is 5.97 Å². The summed E-state index contributed by atoms with van der Waals surface area (Å²) in [4.78, 5) is 14.3. The lowest BCUT2D eigenvalue weighted by molar-refractivity contribution is -0.144. The van der Waals surface area contributed by atoms with Gasteiger partial charge < -0.3 is 4.74 Å². The molecule has 0 N–H and O–H groups in total. The molecule has 158 valence electrons. The first-order valence-electron chi connectivity index (χ1n) is 11.0. The number of carbonyl (C=O) groups excluding carboxylic acids is 1. The van der Waals surface area contributed by atoms with Crippen LogP contribution in [0.3, 0.4) is 0 Å². The van der Waals surface area contributed by atoms with E-state index in [2.05, 4.69) is 81.1 Å². The highest BCUT2D eigenvalue weighted by molar-refractivity contribution is 5.69. The molecular weight excluding hydrogens is 358 g/mol. The van der Waals surface area contributed by atoms with Crippen LogP contribution in [-0.2, 0) is 16.1 Å². The molecule has 0 radical (unpaired) electrons. The zero-order valence-corrected chi connectivity index (χ0v) is 18.7. The van der Waals surface area contributed by atoms with Gasteiger partial charge in [0.25, 0.3) is 0 Å². The second-order valence-corrected chi connectivity index (χ2v) is 8.33. The van der Waals surface area contributed by atoms with E-state index in [1.807, 2.05) is 13.0 Å². The molecule has 1 unspecified atom stereocenters. The summed E-state index contributed by atoms with van der Waals surface area (Å²) in [5.41, 5.74) is 3.67. The number of rotatable bonds is 11. The van der Waals surface area contributed by atoms with Gasteiger partial charge in [0.05, 0.1) is 0 Å². The van der Waals surface area contributed by atoms with Gasteiger partial charge in [-0.3, -0.25) is 9.69 Å². The van der Waals surface area contributed by atoms with E-state index in [0.717, 1.165) is 24.9 Å². The van der Waals surface area contributed by atoms with Crippen LogP contribution in [0.1, 0.15) is 76.5 Å². The summed E-state index contributed by atoms with van der Waals surface area (Å²) < 4.78 is 5.42. The Morgan fingerprint density at radius 3 is 2.21 bits per heavy atom. The van der Waals surface area contributed by atoms with E-state index in [0.29, 0.717) is 31.0 Å². The number of nitrogens with zero attached hydrogens (tertiary/aromatic N) is 1. The van der Waals surface area contributed by atoms with Gasteiger partial charge in [-0.15, -0.1) is 0 Å². The Kier molecular flexibility index (Phi) is 9.40. The second kappa shape index (κ2) is 11.8. The van der Waals surface area contributed by atoms with Gasteiger partial charge in [0.1, 0.15) is 6.61 Å². The fraction of sp³-hybridized carbons (Fsp3) is 0.500. The van der Waals surface area contributed by atoms with Gasteiger partial charge in [0, 0.05) is 24.4 Å². The maximum Gasteiger partial charge on any atom is 0.306 e. The van der Waals surface area contributed by atoms with Crippen molar-refractivity contribution in [3.63, 3.8) is 0 Å². The van der Waals surface area contributed by atoms with Gasteiger partial charge in [-0.25, -0.2) is 0 Å². The molecule has 0 aliphatic heterocycles. The largest absolute Gasteiger partial charge is 0.461 e. The Morgan fingerprint density at radius 2 is 1.59 bits per heavy atom. The van der Waals surface area contributed by atoms with Crippen molar-refractivity contribution in [2.75, 3.05) is 6.54 Å². The van der Waals surface area contributed by atoms with E-state index in [4.69, 9.17) is 4.74 Å². The Labute approximate surface area is 177 Å². The summed E-state index contributed by atoms with van der Waals surface area (Å²) in [5.74, 6) is 0.199. The molecule has 2 aromatic rings. The van der Waals surface area contributed by atoms with Crippen molar-refractivity contribution in [1.29, 1.82) is 0 Å². The van der Waals surface area contributed by atoms with Crippen LogP contribution in [0.5, 0.6) is 0 Å². The van der Waals surface area contributed by atoms with Crippen LogP contribution < -0.4 is 0 Å². The molecular formula is C26H37NO2. The summed E-state index contributed by atoms with van der Waals surface area (Å²) in [5, 5.41) is 0. The minimum absolute atomic E-state index is 0.123. The zero-order valence-electron chi connectivity index (χ0n) is 18.7. The van der Waals surface area contributed by atoms with Crippen LogP contribution in [0.2, 0.25) is 0 Å². The molecule has 0 spiro atoms. The first-order valence-corrected chi connectivity index (χ1v) is 11.0. The molecule has 0 aliphatic carbocycles. The molecule has 0 aliphatic rings. The van der Waals surface area contributed by atoms with Crippen LogP contribution in [0.25, 0.3) is 0 Å². The number of hydrogen-bond acceptors (Lipinski definition) is 3. The van der Waals surface area contributed by atoms with Crippen molar-refractivity contribution < 1.29 is 9.53 Å². The molecule has 0 amide bonds. The van der Waals surface area contributed by atoms with Gasteiger partial charge in [0.2, 0.25) is 0 Å². The third-order valence-corrected chi connectivity index (χ3v) is 5.41. The summed E-state index contributed by atoms with van der Waals surface area (Å²) in [6.45, 7) is 12.4. The minimum Gasteiger partial charge on any atom is -0.461 e. The van der Waals surface area contributed by atoms with Crippen LogP contribution in [0, 0.1) is 0 Å². The van der Waals surface area contributed by atoms with E-state index < -0.39 is 0 Å². The molecule has 0 fully saturated rings. The molecule has 2 aromatic carbocycles. The summed E-state index contributed by atoms with van der Waals surface area (Å²) in [6.07, 6.45) is 2.35. The van der Waals surface area contributed by atoms with Gasteiger partial charge in [0.15, 0.2) is 0 Å². The van der Waals surface area contributed by atoms with Crippen LogP contribution in [-0.4, -0.2) is 29.5 Å². The number of esters is 1. The van der Waals surface area contributed by atoms with E-state index in [-0.39, 0.29) is 5.97 Å². The van der Waals surface area contributed by atoms with Crippen molar-refractivity contribution in [3.8, 4) is 0 Å². The molecule has 0 saturated heterocycles. The van der Waals surface area contributed by atoms with Crippen molar-refractivity contribution in [3.05, 3.63) is 71.3 Å². The third-order valence-electron chi connectivity index (χ3n) is 5.41. The third kappa shape index (κ3) is 7.32. The maximum absolute atomic E-state index is 11.7. The van der Waals surface area contributed by atoms with Crippen molar-refractivity contribution in [1.82, 2.24) is 4.90 Å². The quantitative estimate of drug-likeness (QED) is 0.426. The Hall–Kier alpha value is -2.13. The van der Waals surface area contributed by atoms with E-state index in [9.17, 15) is 4.79 Å². The number of benzene rings is 2. The predicted molar refractivity (Wildman–Crippen MR) is 121 cm³/mol. The average molecular weight is 396 g/mol.